The molecule has 2 N–H and O–H groups in total. The van der Waals surface area contributed by atoms with Gasteiger partial charge in [0.25, 0.3) is 0 Å². The zero-order chi connectivity index (χ0) is 17.6. The Balaban J connectivity index is 1.51. The van der Waals surface area contributed by atoms with Crippen molar-refractivity contribution in [2.24, 2.45) is 0 Å². The van der Waals surface area contributed by atoms with E-state index < -0.39 is 0 Å². The van der Waals surface area contributed by atoms with Crippen LogP contribution in [0.1, 0.15) is 13.8 Å². The molecule has 0 bridgehead atoms. The van der Waals surface area contributed by atoms with Crippen molar-refractivity contribution in [3.63, 3.8) is 0 Å². The lowest BCUT2D eigenvalue weighted by atomic mass is 10.2. The van der Waals surface area contributed by atoms with Crippen molar-refractivity contribution >= 4 is 17.3 Å². The van der Waals surface area contributed by atoms with E-state index in [4.69, 9.17) is 14.2 Å². The van der Waals surface area contributed by atoms with E-state index in [1.165, 1.54) is 0 Å². The van der Waals surface area contributed by atoms with Crippen molar-refractivity contribution in [2.75, 3.05) is 30.4 Å². The number of anilines is 2. The molecule has 6 nitrogen and oxygen atoms in total. The summed E-state index contributed by atoms with van der Waals surface area (Å²) < 4.78 is 16.6. The van der Waals surface area contributed by atoms with Gasteiger partial charge < -0.3 is 24.8 Å². The molecule has 3 rings (SSSR count). The molecular formula is C19H22N2O4. The number of fused-ring (bicyclic) bond motifs is 1. The van der Waals surface area contributed by atoms with Crippen LogP contribution in [0, 0.1) is 0 Å². The van der Waals surface area contributed by atoms with Gasteiger partial charge in [-0.25, -0.2) is 0 Å². The maximum Gasteiger partial charge on any atom is 0.243 e. The Morgan fingerprint density at radius 3 is 2.44 bits per heavy atom. The fourth-order valence-electron chi connectivity index (χ4n) is 2.43. The van der Waals surface area contributed by atoms with E-state index in [1.807, 2.05) is 38.1 Å². The van der Waals surface area contributed by atoms with Crippen LogP contribution in [0.5, 0.6) is 17.2 Å². The van der Waals surface area contributed by atoms with Crippen LogP contribution >= 0.6 is 0 Å². The minimum atomic E-state index is -0.140. The van der Waals surface area contributed by atoms with Crippen molar-refractivity contribution in [1.29, 1.82) is 0 Å². The maximum absolute atomic E-state index is 12.1. The standard InChI is InChI=1S/C19H22N2O4/c1-13(2)25-16-6-3-14(4-7-16)20-12-19(22)21-15-5-8-17-18(11-15)24-10-9-23-17/h3-8,11,13,20H,9-10,12H2,1-2H3,(H,21,22). The van der Waals surface area contributed by atoms with E-state index >= 15 is 0 Å². The molecule has 0 saturated heterocycles. The van der Waals surface area contributed by atoms with E-state index in [0.29, 0.717) is 30.4 Å². The highest BCUT2D eigenvalue weighted by Gasteiger charge is 2.12. The minimum Gasteiger partial charge on any atom is -0.491 e. The number of carbonyl (C=O) groups is 1. The van der Waals surface area contributed by atoms with E-state index in [1.54, 1.807) is 18.2 Å². The molecule has 1 aliphatic rings. The third-order valence-corrected chi connectivity index (χ3v) is 3.51. The number of rotatable bonds is 6. The Bertz CT molecular complexity index is 729. The van der Waals surface area contributed by atoms with Gasteiger partial charge in [-0.15, -0.1) is 0 Å². The van der Waals surface area contributed by atoms with Crippen molar-refractivity contribution in [1.82, 2.24) is 0 Å². The Kier molecular flexibility index (Phi) is 5.28. The molecule has 1 aliphatic heterocycles. The first-order valence-corrected chi connectivity index (χ1v) is 8.30. The smallest absolute Gasteiger partial charge is 0.243 e. The predicted molar refractivity (Wildman–Crippen MR) is 96.8 cm³/mol. The Morgan fingerprint density at radius 1 is 1.04 bits per heavy atom. The number of hydrogen-bond acceptors (Lipinski definition) is 5. The van der Waals surface area contributed by atoms with Crippen molar-refractivity contribution in [3.8, 4) is 17.2 Å². The quantitative estimate of drug-likeness (QED) is 0.843. The van der Waals surface area contributed by atoms with Crippen molar-refractivity contribution in [3.05, 3.63) is 42.5 Å². The lowest BCUT2D eigenvalue weighted by Crippen LogP contribution is -2.22. The molecule has 1 amide bonds. The molecule has 132 valence electrons. The second-order valence-electron chi connectivity index (χ2n) is 5.95. The molecular weight excluding hydrogens is 320 g/mol. The summed E-state index contributed by atoms with van der Waals surface area (Å²) in [6.45, 7) is 5.19. The van der Waals surface area contributed by atoms with Crippen molar-refractivity contribution < 1.29 is 19.0 Å². The maximum atomic E-state index is 12.1. The fraction of sp³-hybridized carbons (Fsp3) is 0.316. The molecule has 25 heavy (non-hydrogen) atoms. The van der Waals surface area contributed by atoms with Crippen LogP contribution in [0.15, 0.2) is 42.5 Å². The van der Waals surface area contributed by atoms with Gasteiger partial charge in [0.2, 0.25) is 5.91 Å². The van der Waals surface area contributed by atoms with Gasteiger partial charge in [0.1, 0.15) is 19.0 Å². The van der Waals surface area contributed by atoms with Gasteiger partial charge in [-0.05, 0) is 50.2 Å². The molecule has 2 aromatic rings. The summed E-state index contributed by atoms with van der Waals surface area (Å²) in [6, 6.07) is 12.9. The summed E-state index contributed by atoms with van der Waals surface area (Å²) in [4.78, 5) is 12.1. The van der Waals surface area contributed by atoms with Gasteiger partial charge in [-0.1, -0.05) is 0 Å². The van der Waals surface area contributed by atoms with Crippen molar-refractivity contribution in [2.45, 2.75) is 20.0 Å². The normalized spacial score (nSPS) is 12.6. The molecule has 0 fully saturated rings. The largest absolute Gasteiger partial charge is 0.491 e. The zero-order valence-corrected chi connectivity index (χ0v) is 14.4. The van der Waals surface area contributed by atoms with E-state index in [2.05, 4.69) is 10.6 Å². The third kappa shape index (κ3) is 4.79. The highest BCUT2D eigenvalue weighted by atomic mass is 16.6. The monoisotopic (exact) mass is 342 g/mol. The molecule has 0 aromatic heterocycles. The number of hydrogen-bond donors (Lipinski definition) is 2. The van der Waals surface area contributed by atoms with Gasteiger partial charge in [-0.2, -0.15) is 0 Å². The highest BCUT2D eigenvalue weighted by molar-refractivity contribution is 5.94. The van der Waals surface area contributed by atoms with E-state index in [0.717, 1.165) is 11.4 Å². The summed E-state index contributed by atoms with van der Waals surface area (Å²) in [5.41, 5.74) is 1.53. The number of nitrogens with one attached hydrogen (secondary N) is 2. The molecule has 2 aromatic carbocycles. The highest BCUT2D eigenvalue weighted by Crippen LogP contribution is 2.32. The molecule has 0 atom stereocenters. The summed E-state index contributed by atoms with van der Waals surface area (Å²) >= 11 is 0. The van der Waals surface area contributed by atoms with Gasteiger partial charge in [0.15, 0.2) is 11.5 Å². The van der Waals surface area contributed by atoms with Crippen LogP contribution in [0.25, 0.3) is 0 Å². The Labute approximate surface area is 147 Å². The fourth-order valence-corrected chi connectivity index (χ4v) is 2.43. The second kappa shape index (κ2) is 7.79. The molecule has 0 unspecified atom stereocenters. The zero-order valence-electron chi connectivity index (χ0n) is 14.4. The molecule has 0 aliphatic carbocycles. The van der Waals surface area contributed by atoms with E-state index in [-0.39, 0.29) is 18.6 Å². The summed E-state index contributed by atoms with van der Waals surface area (Å²) in [6.07, 6.45) is 0.135. The first-order chi connectivity index (χ1) is 12.1. The SMILES string of the molecule is CC(C)Oc1ccc(NCC(=O)Nc2ccc3c(c2)OCCO3)cc1. The first kappa shape index (κ1) is 17.0. The molecule has 6 heteroatoms. The van der Waals surface area contributed by atoms with Crippen LogP contribution in [0.2, 0.25) is 0 Å². The number of amides is 1. The Morgan fingerprint density at radius 2 is 1.72 bits per heavy atom. The van der Waals surface area contributed by atoms with Crippen LogP contribution in [-0.4, -0.2) is 31.8 Å². The second-order valence-corrected chi connectivity index (χ2v) is 5.95. The summed E-state index contributed by atoms with van der Waals surface area (Å²) in [7, 11) is 0. The van der Waals surface area contributed by atoms with Crippen LogP contribution < -0.4 is 24.8 Å². The van der Waals surface area contributed by atoms with Gasteiger partial charge >= 0.3 is 0 Å². The van der Waals surface area contributed by atoms with Gasteiger partial charge in [0.05, 0.1) is 12.6 Å². The summed E-state index contributed by atoms with van der Waals surface area (Å²) in [5.74, 6) is 2.02. The van der Waals surface area contributed by atoms with Gasteiger partial charge in [0, 0.05) is 17.4 Å². The number of benzene rings is 2. The Hall–Kier alpha value is -2.89. The number of ether oxygens (including phenoxy) is 3. The molecule has 0 spiro atoms. The predicted octanol–water partition coefficient (Wildman–Crippen LogP) is 3.30. The van der Waals surface area contributed by atoms with E-state index in [9.17, 15) is 4.79 Å². The third-order valence-electron chi connectivity index (χ3n) is 3.51. The lowest BCUT2D eigenvalue weighted by molar-refractivity contribution is -0.114. The summed E-state index contributed by atoms with van der Waals surface area (Å²) in [5, 5.41) is 5.92. The van der Waals surface area contributed by atoms with Gasteiger partial charge in [-0.3, -0.25) is 4.79 Å². The van der Waals surface area contributed by atoms with Crippen LogP contribution in [0.3, 0.4) is 0 Å². The average Bonchev–Trinajstić information content (AvgIpc) is 2.60. The first-order valence-electron chi connectivity index (χ1n) is 8.30. The molecule has 0 saturated carbocycles. The average molecular weight is 342 g/mol. The van der Waals surface area contributed by atoms with Crippen LogP contribution in [0.4, 0.5) is 11.4 Å². The molecule has 0 radical (unpaired) electrons. The molecule has 1 heterocycles. The van der Waals surface area contributed by atoms with Crippen LogP contribution in [-0.2, 0) is 4.79 Å². The number of carbonyl (C=O) groups excluding carboxylic acids is 1. The lowest BCUT2D eigenvalue weighted by Gasteiger charge is -2.19. The minimum absolute atomic E-state index is 0.135. The topological polar surface area (TPSA) is 68.8 Å².